The van der Waals surface area contributed by atoms with Crippen LogP contribution in [-0.2, 0) is 6.54 Å². The van der Waals surface area contributed by atoms with E-state index in [0.717, 1.165) is 61.9 Å². The lowest BCUT2D eigenvalue weighted by atomic mass is 10.2. The Balaban J connectivity index is 1.90. The van der Waals surface area contributed by atoms with Crippen LogP contribution in [0.1, 0.15) is 5.69 Å². The number of aromatic nitrogens is 2. The Bertz CT molecular complexity index is 737. The molecule has 0 atom stereocenters. The summed E-state index contributed by atoms with van der Waals surface area (Å²) >= 11 is 6.54. The molecule has 0 saturated carbocycles. The third-order valence-electron chi connectivity index (χ3n) is 4.66. The number of rotatable bonds is 2. The normalized spacial score (nSPS) is 18.8. The number of piperazine rings is 1. The van der Waals surface area contributed by atoms with Gasteiger partial charge in [-0.25, -0.2) is 0 Å². The van der Waals surface area contributed by atoms with E-state index >= 15 is 0 Å². The van der Waals surface area contributed by atoms with Crippen molar-refractivity contribution in [2.24, 2.45) is 0 Å². The van der Waals surface area contributed by atoms with Crippen molar-refractivity contribution in [1.29, 1.82) is 0 Å². The molecule has 1 fully saturated rings. The van der Waals surface area contributed by atoms with Gasteiger partial charge in [0.05, 0.1) is 23.1 Å². The van der Waals surface area contributed by atoms with Crippen LogP contribution in [0.4, 0.5) is 11.8 Å². The molecule has 6 nitrogen and oxygen atoms in total. The highest BCUT2D eigenvalue weighted by molar-refractivity contribution is 6.32. The second-order valence-corrected chi connectivity index (χ2v) is 6.97. The number of fused-ring (bicyclic) bond motifs is 1. The van der Waals surface area contributed by atoms with Crippen molar-refractivity contribution in [2.75, 3.05) is 56.7 Å². The Hall–Kier alpha value is -1.76. The van der Waals surface area contributed by atoms with Crippen LogP contribution >= 0.6 is 11.6 Å². The van der Waals surface area contributed by atoms with Crippen LogP contribution in [0.15, 0.2) is 24.3 Å². The zero-order valence-corrected chi connectivity index (χ0v) is 14.9. The van der Waals surface area contributed by atoms with Gasteiger partial charge in [-0.2, -0.15) is 4.98 Å². The molecule has 0 aliphatic carbocycles. The fraction of sp³-hybridized carbons (Fsp3) is 0.471. The third-order valence-corrected chi connectivity index (χ3v) is 4.98. The second kappa shape index (κ2) is 6.27. The van der Waals surface area contributed by atoms with E-state index in [9.17, 15) is 0 Å². The molecule has 24 heavy (non-hydrogen) atoms. The van der Waals surface area contributed by atoms with Crippen LogP contribution in [0.2, 0.25) is 5.02 Å². The van der Waals surface area contributed by atoms with Crippen LogP contribution in [0.5, 0.6) is 0 Å². The summed E-state index contributed by atoms with van der Waals surface area (Å²) in [5.41, 5.74) is 2.21. The predicted molar refractivity (Wildman–Crippen MR) is 98.4 cm³/mol. The fourth-order valence-corrected chi connectivity index (χ4v) is 3.80. The molecule has 2 aliphatic rings. The number of benzene rings is 1. The molecule has 1 aromatic carbocycles. The van der Waals surface area contributed by atoms with Gasteiger partial charge in [0.1, 0.15) is 0 Å². The Morgan fingerprint density at radius 3 is 2.62 bits per heavy atom. The van der Waals surface area contributed by atoms with Crippen molar-refractivity contribution in [3.05, 3.63) is 35.0 Å². The Labute approximate surface area is 147 Å². The van der Waals surface area contributed by atoms with E-state index in [4.69, 9.17) is 16.6 Å². The van der Waals surface area contributed by atoms with Crippen LogP contribution < -0.4 is 15.1 Å². The Morgan fingerprint density at radius 1 is 1.12 bits per heavy atom. The van der Waals surface area contributed by atoms with Crippen molar-refractivity contribution in [3.63, 3.8) is 0 Å². The Kier molecular flexibility index (Phi) is 4.12. The molecule has 0 spiro atoms. The molecule has 0 radical (unpaired) electrons. The van der Waals surface area contributed by atoms with Gasteiger partial charge in [-0.3, -0.25) is 9.47 Å². The first kappa shape index (κ1) is 15.7. The van der Waals surface area contributed by atoms with Crippen molar-refractivity contribution in [1.82, 2.24) is 19.8 Å². The van der Waals surface area contributed by atoms with Gasteiger partial charge < -0.3 is 15.1 Å². The standard InChI is InChI=1S/C17H23ClN6/c1-21-11-15-16(22(2)12-21)20-17(23-9-7-19-8-10-23)24(15)14-6-4-3-5-13(14)18/h3-6,19H,7-12H2,1-2H3. The highest BCUT2D eigenvalue weighted by Gasteiger charge is 2.29. The SMILES string of the molecule is CN1Cc2c(nc(N3CCNCC3)n2-c2ccccc2Cl)N(C)C1. The van der Waals surface area contributed by atoms with Gasteiger partial charge in [-0.1, -0.05) is 23.7 Å². The minimum absolute atomic E-state index is 0.755. The van der Waals surface area contributed by atoms with Crippen molar-refractivity contribution in [3.8, 4) is 5.69 Å². The first-order valence-electron chi connectivity index (χ1n) is 8.37. The zero-order valence-electron chi connectivity index (χ0n) is 14.2. The Morgan fingerprint density at radius 2 is 1.88 bits per heavy atom. The smallest absolute Gasteiger partial charge is 0.212 e. The number of nitrogens with one attached hydrogen (secondary N) is 1. The third kappa shape index (κ3) is 2.64. The van der Waals surface area contributed by atoms with E-state index in [-0.39, 0.29) is 0 Å². The summed E-state index contributed by atoms with van der Waals surface area (Å²) in [4.78, 5) is 11.9. The molecule has 1 aromatic heterocycles. The van der Waals surface area contributed by atoms with Crippen LogP contribution in [0.3, 0.4) is 0 Å². The molecule has 3 heterocycles. The van der Waals surface area contributed by atoms with Gasteiger partial charge in [0.15, 0.2) is 5.82 Å². The van der Waals surface area contributed by atoms with E-state index in [1.165, 1.54) is 5.69 Å². The van der Waals surface area contributed by atoms with Gasteiger partial charge in [0, 0.05) is 39.8 Å². The molecule has 0 unspecified atom stereocenters. The number of anilines is 2. The molecular weight excluding hydrogens is 324 g/mol. The number of imidazole rings is 1. The topological polar surface area (TPSA) is 39.6 Å². The molecule has 4 rings (SSSR count). The van der Waals surface area contributed by atoms with Crippen LogP contribution in [0, 0.1) is 0 Å². The summed E-state index contributed by atoms with van der Waals surface area (Å²) in [6.07, 6.45) is 0. The zero-order chi connectivity index (χ0) is 16.7. The minimum Gasteiger partial charge on any atom is -0.345 e. The number of hydrogen-bond acceptors (Lipinski definition) is 5. The van der Waals surface area contributed by atoms with Crippen molar-refractivity contribution in [2.45, 2.75) is 6.54 Å². The average molecular weight is 347 g/mol. The second-order valence-electron chi connectivity index (χ2n) is 6.56. The van der Waals surface area contributed by atoms with Gasteiger partial charge in [-0.05, 0) is 19.2 Å². The number of hydrogen-bond donors (Lipinski definition) is 1. The molecule has 1 N–H and O–H groups in total. The minimum atomic E-state index is 0.755. The van der Waals surface area contributed by atoms with E-state index in [0.29, 0.717) is 0 Å². The van der Waals surface area contributed by atoms with Crippen molar-refractivity contribution >= 4 is 23.4 Å². The molecule has 2 aliphatic heterocycles. The van der Waals surface area contributed by atoms with E-state index < -0.39 is 0 Å². The van der Waals surface area contributed by atoms with Crippen LogP contribution in [-0.4, -0.2) is 61.4 Å². The highest BCUT2D eigenvalue weighted by atomic mass is 35.5. The molecule has 128 valence electrons. The first-order valence-corrected chi connectivity index (χ1v) is 8.75. The quantitative estimate of drug-likeness (QED) is 0.897. The maximum Gasteiger partial charge on any atom is 0.212 e. The summed E-state index contributed by atoms with van der Waals surface area (Å²) in [5.74, 6) is 2.05. The maximum absolute atomic E-state index is 6.54. The monoisotopic (exact) mass is 346 g/mol. The lowest BCUT2D eigenvalue weighted by molar-refractivity contribution is 0.309. The lowest BCUT2D eigenvalue weighted by Gasteiger charge is -2.31. The maximum atomic E-state index is 6.54. The van der Waals surface area contributed by atoms with E-state index in [1.54, 1.807) is 0 Å². The molecular formula is C17H23ClN6. The summed E-state index contributed by atoms with van der Waals surface area (Å²) in [7, 11) is 4.23. The number of para-hydroxylation sites is 1. The van der Waals surface area contributed by atoms with Gasteiger partial charge in [-0.15, -0.1) is 0 Å². The predicted octanol–water partition coefficient (Wildman–Crippen LogP) is 1.77. The number of halogens is 1. The highest BCUT2D eigenvalue weighted by Crippen LogP contribution is 2.35. The average Bonchev–Trinajstić information content (AvgIpc) is 2.96. The van der Waals surface area contributed by atoms with E-state index in [2.05, 4.69) is 44.7 Å². The lowest BCUT2D eigenvalue weighted by Crippen LogP contribution is -2.44. The summed E-state index contributed by atoms with van der Waals surface area (Å²) in [6, 6.07) is 8.02. The molecule has 0 bridgehead atoms. The fourth-order valence-electron chi connectivity index (χ4n) is 3.58. The van der Waals surface area contributed by atoms with E-state index in [1.807, 2.05) is 18.2 Å². The van der Waals surface area contributed by atoms with Gasteiger partial charge in [0.25, 0.3) is 0 Å². The summed E-state index contributed by atoms with van der Waals surface area (Å²) in [5, 5.41) is 4.16. The molecule has 0 amide bonds. The number of nitrogens with zero attached hydrogens (tertiary/aromatic N) is 5. The van der Waals surface area contributed by atoms with Gasteiger partial charge >= 0.3 is 0 Å². The first-order chi connectivity index (χ1) is 11.6. The molecule has 7 heteroatoms. The summed E-state index contributed by atoms with van der Waals surface area (Å²) < 4.78 is 2.25. The van der Waals surface area contributed by atoms with Crippen molar-refractivity contribution < 1.29 is 0 Å². The largest absolute Gasteiger partial charge is 0.345 e. The molecule has 2 aromatic rings. The van der Waals surface area contributed by atoms with Crippen LogP contribution in [0.25, 0.3) is 5.69 Å². The molecule has 1 saturated heterocycles. The summed E-state index contributed by atoms with van der Waals surface area (Å²) in [6.45, 7) is 5.63. The van der Waals surface area contributed by atoms with Gasteiger partial charge in [0.2, 0.25) is 5.95 Å².